The van der Waals surface area contributed by atoms with Gasteiger partial charge in [-0.25, -0.2) is 4.98 Å². The van der Waals surface area contributed by atoms with E-state index < -0.39 is 0 Å². The van der Waals surface area contributed by atoms with Crippen molar-refractivity contribution in [3.8, 4) is 18.1 Å². The minimum Gasteiger partial charge on any atom is -0.481 e. The SMILES string of the molecule is C#CCOc1ccc2nc[nH]c2c1. The third-order valence-electron chi connectivity index (χ3n) is 1.71. The van der Waals surface area contributed by atoms with Gasteiger partial charge in [-0.2, -0.15) is 0 Å². The van der Waals surface area contributed by atoms with Crippen LogP contribution in [0.5, 0.6) is 5.75 Å². The zero-order valence-corrected chi connectivity index (χ0v) is 6.95. The van der Waals surface area contributed by atoms with Crippen LogP contribution in [0.1, 0.15) is 0 Å². The molecule has 0 fully saturated rings. The summed E-state index contributed by atoms with van der Waals surface area (Å²) >= 11 is 0. The van der Waals surface area contributed by atoms with Gasteiger partial charge < -0.3 is 9.72 Å². The second kappa shape index (κ2) is 3.20. The summed E-state index contributed by atoms with van der Waals surface area (Å²) in [4.78, 5) is 7.08. The lowest BCUT2D eigenvalue weighted by Gasteiger charge is -2.00. The number of rotatable bonds is 2. The molecule has 1 aromatic carbocycles. The molecule has 1 aromatic heterocycles. The molecule has 0 unspecified atom stereocenters. The minimum atomic E-state index is 0.291. The highest BCUT2D eigenvalue weighted by atomic mass is 16.5. The number of nitrogens with one attached hydrogen (secondary N) is 1. The monoisotopic (exact) mass is 172 g/mol. The van der Waals surface area contributed by atoms with Gasteiger partial charge in [-0.05, 0) is 12.1 Å². The number of terminal acetylenes is 1. The number of fused-ring (bicyclic) bond motifs is 1. The van der Waals surface area contributed by atoms with Gasteiger partial charge in [0.2, 0.25) is 0 Å². The van der Waals surface area contributed by atoms with Crippen molar-refractivity contribution in [2.75, 3.05) is 6.61 Å². The molecule has 0 atom stereocenters. The Bertz CT molecular complexity index is 453. The summed E-state index contributed by atoms with van der Waals surface area (Å²) in [6, 6.07) is 5.61. The molecule has 3 heteroatoms. The highest BCUT2D eigenvalue weighted by Gasteiger charge is 1.97. The van der Waals surface area contributed by atoms with Gasteiger partial charge in [-0.1, -0.05) is 5.92 Å². The lowest BCUT2D eigenvalue weighted by atomic mass is 10.3. The molecule has 0 amide bonds. The van der Waals surface area contributed by atoms with E-state index in [9.17, 15) is 0 Å². The molecule has 0 spiro atoms. The fourth-order valence-electron chi connectivity index (χ4n) is 1.13. The first-order valence-electron chi connectivity index (χ1n) is 3.89. The minimum absolute atomic E-state index is 0.291. The van der Waals surface area contributed by atoms with Crippen LogP contribution in [0.3, 0.4) is 0 Å². The van der Waals surface area contributed by atoms with Crippen molar-refractivity contribution in [3.63, 3.8) is 0 Å². The van der Waals surface area contributed by atoms with Crippen LogP contribution in [0.2, 0.25) is 0 Å². The molecular weight excluding hydrogens is 164 g/mol. The molecule has 3 nitrogen and oxygen atoms in total. The van der Waals surface area contributed by atoms with Crippen LogP contribution in [0.15, 0.2) is 24.5 Å². The Labute approximate surface area is 75.7 Å². The van der Waals surface area contributed by atoms with Gasteiger partial charge in [0.1, 0.15) is 12.4 Å². The van der Waals surface area contributed by atoms with Gasteiger partial charge in [0.05, 0.1) is 17.4 Å². The number of hydrogen-bond acceptors (Lipinski definition) is 2. The lowest BCUT2D eigenvalue weighted by molar-refractivity contribution is 0.371. The summed E-state index contributed by atoms with van der Waals surface area (Å²) in [5.74, 6) is 3.17. The number of aromatic amines is 1. The molecular formula is C10H8N2O. The van der Waals surface area contributed by atoms with E-state index in [0.29, 0.717) is 6.61 Å². The Morgan fingerprint density at radius 1 is 1.54 bits per heavy atom. The van der Waals surface area contributed by atoms with Gasteiger partial charge in [-0.15, -0.1) is 6.42 Å². The van der Waals surface area contributed by atoms with Crippen molar-refractivity contribution in [1.29, 1.82) is 0 Å². The van der Waals surface area contributed by atoms with Crippen LogP contribution >= 0.6 is 0 Å². The number of H-pyrrole nitrogens is 1. The van der Waals surface area contributed by atoms with E-state index in [4.69, 9.17) is 11.2 Å². The molecule has 1 N–H and O–H groups in total. The maximum absolute atomic E-state index is 5.25. The van der Waals surface area contributed by atoms with Crippen LogP contribution in [-0.2, 0) is 0 Å². The third kappa shape index (κ3) is 1.47. The van der Waals surface area contributed by atoms with Gasteiger partial charge in [-0.3, -0.25) is 0 Å². The summed E-state index contributed by atoms with van der Waals surface area (Å²) in [6.45, 7) is 0.291. The molecule has 0 bridgehead atoms. The van der Waals surface area contributed by atoms with Crippen LogP contribution in [-0.4, -0.2) is 16.6 Å². The van der Waals surface area contributed by atoms with Crippen LogP contribution in [0.25, 0.3) is 11.0 Å². The Kier molecular flexibility index (Phi) is 1.89. The van der Waals surface area contributed by atoms with Crippen molar-refractivity contribution in [2.24, 2.45) is 0 Å². The van der Waals surface area contributed by atoms with E-state index in [1.807, 2.05) is 18.2 Å². The normalized spacial score (nSPS) is 9.77. The molecule has 0 aliphatic carbocycles. The Balaban J connectivity index is 2.33. The Hall–Kier alpha value is -1.95. The quantitative estimate of drug-likeness (QED) is 0.698. The van der Waals surface area contributed by atoms with Crippen LogP contribution < -0.4 is 4.74 Å². The number of aromatic nitrogens is 2. The van der Waals surface area contributed by atoms with Gasteiger partial charge in [0.15, 0.2) is 0 Å². The Morgan fingerprint density at radius 3 is 3.31 bits per heavy atom. The van der Waals surface area contributed by atoms with E-state index in [0.717, 1.165) is 16.8 Å². The predicted octanol–water partition coefficient (Wildman–Crippen LogP) is 1.57. The first kappa shape index (κ1) is 7.69. The molecule has 2 aromatic rings. The highest BCUT2D eigenvalue weighted by molar-refractivity contribution is 5.75. The molecule has 0 aliphatic heterocycles. The predicted molar refractivity (Wildman–Crippen MR) is 50.4 cm³/mol. The molecule has 2 rings (SSSR count). The van der Waals surface area contributed by atoms with E-state index in [2.05, 4.69) is 15.9 Å². The van der Waals surface area contributed by atoms with E-state index in [1.165, 1.54) is 0 Å². The number of benzene rings is 1. The van der Waals surface area contributed by atoms with Crippen molar-refractivity contribution < 1.29 is 4.74 Å². The van der Waals surface area contributed by atoms with E-state index >= 15 is 0 Å². The maximum Gasteiger partial charge on any atom is 0.148 e. The maximum atomic E-state index is 5.25. The average molecular weight is 172 g/mol. The second-order valence-corrected chi connectivity index (χ2v) is 2.57. The highest BCUT2D eigenvalue weighted by Crippen LogP contribution is 2.17. The first-order valence-corrected chi connectivity index (χ1v) is 3.89. The molecule has 0 aliphatic rings. The fourth-order valence-corrected chi connectivity index (χ4v) is 1.13. The number of nitrogens with zero attached hydrogens (tertiary/aromatic N) is 1. The largest absolute Gasteiger partial charge is 0.481 e. The number of imidazole rings is 1. The topological polar surface area (TPSA) is 37.9 Å². The average Bonchev–Trinajstić information content (AvgIpc) is 2.61. The van der Waals surface area contributed by atoms with Gasteiger partial charge >= 0.3 is 0 Å². The summed E-state index contributed by atoms with van der Waals surface area (Å²) in [6.07, 6.45) is 6.72. The summed E-state index contributed by atoms with van der Waals surface area (Å²) < 4.78 is 5.25. The van der Waals surface area contributed by atoms with Crippen molar-refractivity contribution >= 4 is 11.0 Å². The van der Waals surface area contributed by atoms with E-state index in [-0.39, 0.29) is 0 Å². The van der Waals surface area contributed by atoms with Crippen molar-refractivity contribution in [1.82, 2.24) is 9.97 Å². The van der Waals surface area contributed by atoms with Crippen LogP contribution in [0.4, 0.5) is 0 Å². The van der Waals surface area contributed by atoms with Crippen molar-refractivity contribution in [3.05, 3.63) is 24.5 Å². The summed E-state index contributed by atoms with van der Waals surface area (Å²) in [5, 5.41) is 0. The first-order chi connectivity index (χ1) is 6.40. The van der Waals surface area contributed by atoms with Gasteiger partial charge in [0, 0.05) is 6.07 Å². The molecule has 0 saturated carbocycles. The number of ether oxygens (including phenoxy) is 1. The smallest absolute Gasteiger partial charge is 0.148 e. The third-order valence-corrected chi connectivity index (χ3v) is 1.71. The Morgan fingerprint density at radius 2 is 2.46 bits per heavy atom. The summed E-state index contributed by atoms with van der Waals surface area (Å²) in [7, 11) is 0. The molecule has 64 valence electrons. The number of hydrogen-bond donors (Lipinski definition) is 1. The lowest BCUT2D eigenvalue weighted by Crippen LogP contribution is -1.92. The molecule has 0 radical (unpaired) electrons. The van der Waals surface area contributed by atoms with Crippen molar-refractivity contribution in [2.45, 2.75) is 0 Å². The zero-order valence-electron chi connectivity index (χ0n) is 6.95. The van der Waals surface area contributed by atoms with Gasteiger partial charge in [0.25, 0.3) is 0 Å². The van der Waals surface area contributed by atoms with E-state index in [1.54, 1.807) is 6.33 Å². The molecule has 0 saturated heterocycles. The molecule has 13 heavy (non-hydrogen) atoms. The standard InChI is InChI=1S/C10H8N2O/c1-2-5-13-8-3-4-9-10(6-8)12-7-11-9/h1,3-4,6-7H,5H2,(H,11,12). The molecule has 1 heterocycles. The zero-order chi connectivity index (χ0) is 9.10. The second-order valence-electron chi connectivity index (χ2n) is 2.57. The fraction of sp³-hybridized carbons (Fsp3) is 0.100. The van der Waals surface area contributed by atoms with Crippen LogP contribution in [0, 0.1) is 12.3 Å². The summed E-state index contributed by atoms with van der Waals surface area (Å²) in [5.41, 5.74) is 1.88.